The van der Waals surface area contributed by atoms with Crippen LogP contribution in [-0.4, -0.2) is 27.0 Å². The summed E-state index contributed by atoms with van der Waals surface area (Å²) in [5.41, 5.74) is 0. The van der Waals surface area contributed by atoms with Crippen LogP contribution < -0.4 is 4.72 Å². The van der Waals surface area contributed by atoms with Gasteiger partial charge in [0.2, 0.25) is 10.0 Å². The highest BCUT2D eigenvalue weighted by molar-refractivity contribution is 7.89. The van der Waals surface area contributed by atoms with Gasteiger partial charge in [-0.05, 0) is 31.4 Å². The molecular weight excluding hydrogens is 266 g/mol. The van der Waals surface area contributed by atoms with E-state index in [2.05, 4.69) is 4.72 Å². The number of benzene rings is 1. The van der Waals surface area contributed by atoms with E-state index in [1.165, 1.54) is 0 Å². The zero-order chi connectivity index (χ0) is 13.7. The first-order chi connectivity index (χ1) is 9.13. The van der Waals surface area contributed by atoms with Crippen molar-refractivity contribution >= 4 is 16.5 Å². The maximum atomic E-state index is 12.2. The van der Waals surface area contributed by atoms with Crippen LogP contribution in [0.3, 0.4) is 0 Å². The molecule has 1 aromatic rings. The molecule has 0 saturated heterocycles. The highest BCUT2D eigenvalue weighted by Gasteiger charge is 2.30. The second-order valence-corrected chi connectivity index (χ2v) is 6.31. The maximum absolute atomic E-state index is 12.2. The topological polar surface area (TPSA) is 72.5 Å². The van der Waals surface area contributed by atoms with Gasteiger partial charge in [-0.2, -0.15) is 0 Å². The minimum Gasteiger partial charge on any atom is -0.463 e. The molecule has 1 N–H and O–H groups in total. The second kappa shape index (κ2) is 6.16. The SMILES string of the molecule is O=CO[C@@H]1CCCC[C@@H]1NS(=O)(=O)c1ccccc1. The predicted molar refractivity (Wildman–Crippen MR) is 70.0 cm³/mol. The van der Waals surface area contributed by atoms with E-state index in [0.717, 1.165) is 12.8 Å². The molecule has 0 aromatic heterocycles. The molecule has 0 unspecified atom stereocenters. The smallest absolute Gasteiger partial charge is 0.293 e. The molecule has 0 spiro atoms. The van der Waals surface area contributed by atoms with E-state index in [1.807, 2.05) is 0 Å². The van der Waals surface area contributed by atoms with Crippen molar-refractivity contribution < 1.29 is 17.9 Å². The van der Waals surface area contributed by atoms with Gasteiger partial charge in [-0.15, -0.1) is 0 Å². The molecule has 0 aliphatic heterocycles. The lowest BCUT2D eigenvalue weighted by molar-refractivity contribution is -0.136. The van der Waals surface area contributed by atoms with Gasteiger partial charge in [0, 0.05) is 0 Å². The van der Waals surface area contributed by atoms with Crippen molar-refractivity contribution in [2.24, 2.45) is 0 Å². The van der Waals surface area contributed by atoms with E-state index < -0.39 is 10.0 Å². The van der Waals surface area contributed by atoms with Crippen LogP contribution in [0.5, 0.6) is 0 Å². The number of carbonyl (C=O) groups excluding carboxylic acids is 1. The number of hydrogen-bond acceptors (Lipinski definition) is 4. The molecule has 1 aliphatic carbocycles. The number of nitrogens with one attached hydrogen (secondary N) is 1. The summed E-state index contributed by atoms with van der Waals surface area (Å²) in [6.45, 7) is 0.389. The maximum Gasteiger partial charge on any atom is 0.293 e. The molecule has 0 heterocycles. The summed E-state index contributed by atoms with van der Waals surface area (Å²) in [5.74, 6) is 0. The van der Waals surface area contributed by atoms with Crippen molar-refractivity contribution in [3.63, 3.8) is 0 Å². The fraction of sp³-hybridized carbons (Fsp3) is 0.462. The molecule has 0 bridgehead atoms. The van der Waals surface area contributed by atoms with Crippen LogP contribution in [0.4, 0.5) is 0 Å². The Hall–Kier alpha value is -1.40. The third kappa shape index (κ3) is 3.54. The fourth-order valence-electron chi connectivity index (χ4n) is 2.33. The van der Waals surface area contributed by atoms with Gasteiger partial charge >= 0.3 is 0 Å². The summed E-state index contributed by atoms with van der Waals surface area (Å²) in [5, 5.41) is 0. The Kier molecular flexibility index (Phi) is 4.55. The Morgan fingerprint density at radius 2 is 1.84 bits per heavy atom. The Balaban J connectivity index is 2.12. The van der Waals surface area contributed by atoms with Crippen LogP contribution in [0.2, 0.25) is 0 Å². The molecular formula is C13H17NO4S. The van der Waals surface area contributed by atoms with E-state index in [9.17, 15) is 13.2 Å². The van der Waals surface area contributed by atoms with Crippen molar-refractivity contribution in [3.05, 3.63) is 30.3 Å². The summed E-state index contributed by atoms with van der Waals surface area (Å²) < 4.78 is 32.0. The lowest BCUT2D eigenvalue weighted by Gasteiger charge is -2.30. The van der Waals surface area contributed by atoms with E-state index >= 15 is 0 Å². The summed E-state index contributed by atoms with van der Waals surface area (Å²) >= 11 is 0. The summed E-state index contributed by atoms with van der Waals surface area (Å²) in [6.07, 6.45) is 2.89. The van der Waals surface area contributed by atoms with Crippen LogP contribution in [-0.2, 0) is 19.6 Å². The van der Waals surface area contributed by atoms with Crippen molar-refractivity contribution in [2.75, 3.05) is 0 Å². The molecule has 2 rings (SSSR count). The Morgan fingerprint density at radius 3 is 2.53 bits per heavy atom. The highest BCUT2D eigenvalue weighted by Crippen LogP contribution is 2.22. The molecule has 1 fully saturated rings. The molecule has 19 heavy (non-hydrogen) atoms. The van der Waals surface area contributed by atoms with Crippen molar-refractivity contribution in [1.82, 2.24) is 4.72 Å². The standard InChI is InChI=1S/C13H17NO4S/c15-10-18-13-9-5-4-8-12(13)14-19(16,17)11-6-2-1-3-7-11/h1-3,6-7,10,12-14H,4-5,8-9H2/t12-,13+/m0/s1. The number of carbonyl (C=O) groups is 1. The monoisotopic (exact) mass is 283 g/mol. The first-order valence-electron chi connectivity index (χ1n) is 6.30. The second-order valence-electron chi connectivity index (χ2n) is 4.60. The lowest BCUT2D eigenvalue weighted by atomic mass is 9.93. The molecule has 1 aliphatic rings. The average molecular weight is 283 g/mol. The van der Waals surface area contributed by atoms with Gasteiger partial charge in [-0.25, -0.2) is 13.1 Å². The molecule has 1 aromatic carbocycles. The molecule has 6 heteroatoms. The van der Waals surface area contributed by atoms with Crippen molar-refractivity contribution in [1.29, 1.82) is 0 Å². The van der Waals surface area contributed by atoms with Gasteiger partial charge in [0.25, 0.3) is 6.47 Å². The van der Waals surface area contributed by atoms with Gasteiger partial charge in [0.05, 0.1) is 10.9 Å². The molecule has 0 radical (unpaired) electrons. The highest BCUT2D eigenvalue weighted by atomic mass is 32.2. The van der Waals surface area contributed by atoms with Crippen LogP contribution in [0.1, 0.15) is 25.7 Å². The van der Waals surface area contributed by atoms with Gasteiger partial charge in [-0.1, -0.05) is 24.6 Å². The summed E-state index contributed by atoms with van der Waals surface area (Å²) in [6, 6.07) is 7.85. The molecule has 0 amide bonds. The zero-order valence-corrected chi connectivity index (χ0v) is 11.3. The van der Waals surface area contributed by atoms with Crippen LogP contribution in [0.15, 0.2) is 35.2 Å². The van der Waals surface area contributed by atoms with Crippen LogP contribution in [0.25, 0.3) is 0 Å². The number of sulfonamides is 1. The zero-order valence-electron chi connectivity index (χ0n) is 10.5. The van der Waals surface area contributed by atoms with Crippen LogP contribution in [0, 0.1) is 0 Å². The van der Waals surface area contributed by atoms with Crippen LogP contribution >= 0.6 is 0 Å². The molecule has 1 saturated carbocycles. The van der Waals surface area contributed by atoms with E-state index in [1.54, 1.807) is 30.3 Å². The largest absolute Gasteiger partial charge is 0.463 e. The predicted octanol–water partition coefficient (Wildman–Crippen LogP) is 1.45. The van der Waals surface area contributed by atoms with Gasteiger partial charge in [0.1, 0.15) is 6.10 Å². The molecule has 5 nitrogen and oxygen atoms in total. The van der Waals surface area contributed by atoms with E-state index in [4.69, 9.17) is 4.74 Å². The van der Waals surface area contributed by atoms with Gasteiger partial charge < -0.3 is 4.74 Å². The molecule has 104 valence electrons. The third-order valence-electron chi connectivity index (χ3n) is 3.29. The lowest BCUT2D eigenvalue weighted by Crippen LogP contribution is -2.46. The third-order valence-corrected chi connectivity index (χ3v) is 4.80. The minimum absolute atomic E-state index is 0.227. The van der Waals surface area contributed by atoms with E-state index in [0.29, 0.717) is 19.3 Å². The Labute approximate surface area is 113 Å². The van der Waals surface area contributed by atoms with Crippen molar-refractivity contribution in [2.45, 2.75) is 42.7 Å². The van der Waals surface area contributed by atoms with Gasteiger partial charge in [-0.3, -0.25) is 4.79 Å². The van der Waals surface area contributed by atoms with Gasteiger partial charge in [0.15, 0.2) is 0 Å². The number of hydrogen-bond donors (Lipinski definition) is 1. The number of ether oxygens (including phenoxy) is 1. The Morgan fingerprint density at radius 1 is 1.16 bits per heavy atom. The number of rotatable bonds is 5. The Bertz CT molecular complexity index is 515. The fourth-order valence-corrected chi connectivity index (χ4v) is 3.65. The van der Waals surface area contributed by atoms with Crippen molar-refractivity contribution in [3.8, 4) is 0 Å². The van der Waals surface area contributed by atoms with E-state index in [-0.39, 0.29) is 17.0 Å². The first kappa shape index (κ1) is 14.0. The quantitative estimate of drug-likeness (QED) is 0.830. The first-order valence-corrected chi connectivity index (χ1v) is 7.78. The molecule has 2 atom stereocenters. The minimum atomic E-state index is -3.56. The summed E-state index contributed by atoms with van der Waals surface area (Å²) in [7, 11) is -3.56. The average Bonchev–Trinajstić information content (AvgIpc) is 2.42. The summed E-state index contributed by atoms with van der Waals surface area (Å²) in [4.78, 5) is 10.7. The normalized spacial score (nSPS) is 23.8.